The smallest absolute Gasteiger partial charge is 0.280 e. The Morgan fingerprint density at radius 3 is 2.49 bits per heavy atom. The Morgan fingerprint density at radius 2 is 1.92 bits per heavy atom. The molecule has 2 aromatic heterocycles. The molecule has 0 aromatic carbocycles. The number of hydrogen-bond acceptors (Lipinski definition) is 8. The Balaban J connectivity index is 1.68. The Labute approximate surface area is 219 Å². The van der Waals surface area contributed by atoms with E-state index in [0.29, 0.717) is 29.1 Å². The van der Waals surface area contributed by atoms with Crippen LogP contribution in [0.3, 0.4) is 0 Å². The van der Waals surface area contributed by atoms with Gasteiger partial charge in [0, 0.05) is 36.3 Å². The lowest BCUT2D eigenvalue weighted by molar-refractivity contribution is 0.0118. The quantitative estimate of drug-likeness (QED) is 0.560. The lowest BCUT2D eigenvalue weighted by Crippen LogP contribution is -2.41. The average Bonchev–Trinajstić information content (AvgIpc) is 3.34. The van der Waals surface area contributed by atoms with Gasteiger partial charge in [-0.3, -0.25) is 9.59 Å². The lowest BCUT2D eigenvalue weighted by atomic mass is 10.1. The average molecular weight is 556 g/mol. The number of hydrogen-bond donors (Lipinski definition) is 2. The molecule has 13 heteroatoms. The minimum absolute atomic E-state index is 0.00646. The molecule has 0 saturated carbocycles. The van der Waals surface area contributed by atoms with E-state index < -0.39 is 46.6 Å². The van der Waals surface area contributed by atoms with Crippen LogP contribution in [0, 0.1) is 6.92 Å². The number of thiazole rings is 1. The van der Waals surface area contributed by atoms with E-state index in [2.05, 4.69) is 20.6 Å². The normalized spacial score (nSPS) is 21.3. The summed E-state index contributed by atoms with van der Waals surface area (Å²) >= 11 is 0.994. The fraction of sp³-hybridized carbons (Fsp3) is 0.583. The summed E-state index contributed by atoms with van der Waals surface area (Å²) in [5.74, 6) is -3.55. The number of amides is 2. The molecule has 4 rings (SSSR count). The highest BCUT2D eigenvalue weighted by molar-refractivity contribution is 7.91. The van der Waals surface area contributed by atoms with Gasteiger partial charge in [0.2, 0.25) is 0 Å². The molecular weight excluding hydrogens is 524 g/mol. The van der Waals surface area contributed by atoms with Gasteiger partial charge < -0.3 is 15.5 Å². The second-order valence-electron chi connectivity index (χ2n) is 10.1. The molecule has 4 heterocycles. The Morgan fingerprint density at radius 1 is 1.24 bits per heavy atom. The first-order valence-corrected chi connectivity index (χ1v) is 14.8. The third kappa shape index (κ3) is 6.25. The minimum Gasteiger partial charge on any atom is -0.368 e. The largest absolute Gasteiger partial charge is 0.368 e. The Kier molecular flexibility index (Phi) is 7.57. The second-order valence-corrected chi connectivity index (χ2v) is 13.4. The van der Waals surface area contributed by atoms with Crippen LogP contribution in [0.2, 0.25) is 0 Å². The predicted octanol–water partition coefficient (Wildman–Crippen LogP) is 3.51. The SMILES string of the molecule is Cc1cc(NC(C)C)ncc1-c1sc(C(=O)NC2CCS(=O)(=O)CC2)nc1C(=O)N1CC(F)(F)C[C@@H]1C. The van der Waals surface area contributed by atoms with Gasteiger partial charge in [-0.2, -0.15) is 0 Å². The van der Waals surface area contributed by atoms with Gasteiger partial charge in [0.25, 0.3) is 17.7 Å². The Bertz CT molecular complexity index is 1300. The highest BCUT2D eigenvalue weighted by Gasteiger charge is 2.46. The van der Waals surface area contributed by atoms with E-state index in [9.17, 15) is 26.8 Å². The van der Waals surface area contributed by atoms with Gasteiger partial charge in [0.15, 0.2) is 5.01 Å². The van der Waals surface area contributed by atoms with Gasteiger partial charge in [-0.15, -0.1) is 11.3 Å². The van der Waals surface area contributed by atoms with Crippen LogP contribution < -0.4 is 10.6 Å². The zero-order valence-electron chi connectivity index (χ0n) is 21.2. The van der Waals surface area contributed by atoms with Crippen LogP contribution in [0.4, 0.5) is 14.6 Å². The molecule has 0 bridgehead atoms. The molecule has 2 N–H and O–H groups in total. The maximum Gasteiger partial charge on any atom is 0.280 e. The number of sulfone groups is 1. The van der Waals surface area contributed by atoms with Crippen molar-refractivity contribution in [2.75, 3.05) is 23.4 Å². The van der Waals surface area contributed by atoms with Crippen LogP contribution in [0.1, 0.15) is 65.9 Å². The van der Waals surface area contributed by atoms with Crippen molar-refractivity contribution in [1.29, 1.82) is 0 Å². The molecule has 2 aliphatic rings. The van der Waals surface area contributed by atoms with E-state index >= 15 is 0 Å². The van der Waals surface area contributed by atoms with Gasteiger partial charge in [0.1, 0.15) is 21.3 Å². The van der Waals surface area contributed by atoms with Gasteiger partial charge >= 0.3 is 0 Å². The molecule has 0 unspecified atom stereocenters. The van der Waals surface area contributed by atoms with Crippen LogP contribution in [0.25, 0.3) is 10.4 Å². The summed E-state index contributed by atoms with van der Waals surface area (Å²) < 4.78 is 51.6. The summed E-state index contributed by atoms with van der Waals surface area (Å²) in [7, 11) is -3.09. The zero-order valence-corrected chi connectivity index (χ0v) is 22.8. The number of alkyl halides is 2. The molecule has 2 amide bonds. The number of pyridine rings is 1. The topological polar surface area (TPSA) is 121 Å². The summed E-state index contributed by atoms with van der Waals surface area (Å²) in [5.41, 5.74) is 1.29. The molecule has 2 aliphatic heterocycles. The van der Waals surface area contributed by atoms with Crippen LogP contribution >= 0.6 is 11.3 Å². The number of halogens is 2. The monoisotopic (exact) mass is 555 g/mol. The van der Waals surface area contributed by atoms with E-state index in [0.717, 1.165) is 21.8 Å². The third-order valence-electron chi connectivity index (χ3n) is 6.49. The summed E-state index contributed by atoms with van der Waals surface area (Å²) in [6, 6.07) is 0.958. The number of carbonyl (C=O) groups is 2. The van der Waals surface area contributed by atoms with Gasteiger partial charge in [-0.05, 0) is 52.2 Å². The maximum absolute atomic E-state index is 14.1. The van der Waals surface area contributed by atoms with Crippen molar-refractivity contribution in [2.45, 2.75) is 71.0 Å². The number of likely N-dealkylation sites (tertiary alicyclic amines) is 1. The molecule has 9 nitrogen and oxygen atoms in total. The van der Waals surface area contributed by atoms with Crippen LogP contribution in [-0.4, -0.2) is 77.2 Å². The predicted molar refractivity (Wildman–Crippen MR) is 138 cm³/mol. The van der Waals surface area contributed by atoms with Gasteiger partial charge in [0.05, 0.1) is 22.9 Å². The number of nitrogens with one attached hydrogen (secondary N) is 2. The number of aryl methyl sites for hydroxylation is 1. The van der Waals surface area contributed by atoms with Crippen LogP contribution in [0.15, 0.2) is 12.3 Å². The minimum atomic E-state index is -3.09. The van der Waals surface area contributed by atoms with E-state index in [1.165, 1.54) is 0 Å². The zero-order chi connectivity index (χ0) is 27.1. The molecule has 0 radical (unpaired) electrons. The summed E-state index contributed by atoms with van der Waals surface area (Å²) in [5, 5.41) is 6.03. The number of rotatable bonds is 6. The van der Waals surface area contributed by atoms with E-state index in [-0.39, 0.29) is 34.3 Å². The highest BCUT2D eigenvalue weighted by Crippen LogP contribution is 2.37. The molecule has 2 fully saturated rings. The number of anilines is 1. The van der Waals surface area contributed by atoms with Crippen molar-refractivity contribution in [1.82, 2.24) is 20.2 Å². The van der Waals surface area contributed by atoms with Crippen LogP contribution in [0.5, 0.6) is 0 Å². The van der Waals surface area contributed by atoms with Crippen molar-refractivity contribution in [2.24, 2.45) is 0 Å². The molecular formula is C24H31F2N5O4S2. The molecule has 202 valence electrons. The second kappa shape index (κ2) is 10.2. The molecule has 37 heavy (non-hydrogen) atoms. The number of nitrogens with zero attached hydrogens (tertiary/aromatic N) is 3. The molecule has 0 spiro atoms. The molecule has 2 aromatic rings. The van der Waals surface area contributed by atoms with Crippen molar-refractivity contribution < 1.29 is 26.8 Å². The fourth-order valence-corrected chi connectivity index (χ4v) is 7.14. The van der Waals surface area contributed by atoms with E-state index in [4.69, 9.17) is 0 Å². The molecule has 2 saturated heterocycles. The number of carbonyl (C=O) groups excluding carboxylic acids is 2. The van der Waals surface area contributed by atoms with Crippen molar-refractivity contribution in [3.63, 3.8) is 0 Å². The first-order valence-electron chi connectivity index (χ1n) is 12.2. The summed E-state index contributed by atoms with van der Waals surface area (Å²) in [6.45, 7) is 6.64. The van der Waals surface area contributed by atoms with Crippen molar-refractivity contribution >= 4 is 38.8 Å². The fourth-order valence-electron chi connectivity index (χ4n) is 4.61. The first kappa shape index (κ1) is 27.4. The number of aromatic nitrogens is 2. The van der Waals surface area contributed by atoms with E-state index in [1.807, 2.05) is 26.8 Å². The van der Waals surface area contributed by atoms with Crippen LogP contribution in [-0.2, 0) is 9.84 Å². The van der Waals surface area contributed by atoms with Gasteiger partial charge in [-0.1, -0.05) is 0 Å². The first-order chi connectivity index (χ1) is 17.2. The Hall–Kier alpha value is -2.67. The maximum atomic E-state index is 14.1. The highest BCUT2D eigenvalue weighted by atomic mass is 32.2. The van der Waals surface area contributed by atoms with Gasteiger partial charge in [-0.25, -0.2) is 27.2 Å². The molecule has 0 aliphatic carbocycles. The standard InChI is InChI=1S/C24H31F2N5O4S2/c1-13(2)28-18-9-14(3)17(11-27-18)20-19(23(33)31-12-24(25,26)10-15(31)4)30-22(36-20)21(32)29-16-5-7-37(34,35)8-6-16/h9,11,13,15-16H,5-8,10,12H2,1-4H3,(H,27,28)(H,29,32)/t15-/m0/s1. The third-order valence-corrected chi connectivity index (χ3v) is 9.30. The van der Waals surface area contributed by atoms with Crippen molar-refractivity contribution in [3.8, 4) is 10.4 Å². The molecule has 1 atom stereocenters. The van der Waals surface area contributed by atoms with Crippen molar-refractivity contribution in [3.05, 3.63) is 28.5 Å². The summed E-state index contributed by atoms with van der Waals surface area (Å²) in [4.78, 5) is 36.8. The summed E-state index contributed by atoms with van der Waals surface area (Å²) in [6.07, 6.45) is 1.74. The lowest BCUT2D eigenvalue weighted by Gasteiger charge is -2.22. The van der Waals surface area contributed by atoms with E-state index in [1.54, 1.807) is 13.1 Å².